The summed E-state index contributed by atoms with van der Waals surface area (Å²) in [4.78, 5) is 29.9. The molecule has 2 amide bonds. The Kier molecular flexibility index (Phi) is 4.02. The minimum absolute atomic E-state index is 0.0201. The zero-order valence-electron chi connectivity index (χ0n) is 16.9. The molecule has 7 nitrogen and oxygen atoms in total. The number of benzene rings is 3. The van der Waals surface area contributed by atoms with Crippen LogP contribution in [-0.2, 0) is 0 Å². The van der Waals surface area contributed by atoms with Crippen molar-refractivity contribution in [3.05, 3.63) is 71.8 Å². The molecule has 0 saturated carbocycles. The van der Waals surface area contributed by atoms with Gasteiger partial charge in [-0.2, -0.15) is 15.4 Å². The minimum Gasteiger partial charge on any atom is -0.338 e. The van der Waals surface area contributed by atoms with Gasteiger partial charge in [0, 0.05) is 49.1 Å². The summed E-state index contributed by atoms with van der Waals surface area (Å²) in [6, 6.07) is 19.4. The molecule has 3 heterocycles. The molecule has 0 aliphatic carbocycles. The quantitative estimate of drug-likeness (QED) is 0.550. The Balaban J connectivity index is 1.15. The van der Waals surface area contributed by atoms with E-state index in [1.807, 2.05) is 52.3 Å². The lowest BCUT2D eigenvalue weighted by Gasteiger charge is -2.22. The van der Waals surface area contributed by atoms with E-state index in [0.717, 1.165) is 21.9 Å². The third kappa shape index (κ3) is 3.04. The van der Waals surface area contributed by atoms with Crippen molar-refractivity contribution < 1.29 is 9.59 Å². The van der Waals surface area contributed by atoms with Crippen LogP contribution in [0, 0.1) is 11.8 Å². The van der Waals surface area contributed by atoms with Crippen LogP contribution in [0.1, 0.15) is 20.7 Å². The summed E-state index contributed by atoms with van der Waals surface area (Å²) in [5.74, 6) is 0.745. The molecule has 6 rings (SSSR count). The molecule has 31 heavy (non-hydrogen) atoms. The van der Waals surface area contributed by atoms with Gasteiger partial charge in [-0.25, -0.2) is 0 Å². The highest BCUT2D eigenvalue weighted by atomic mass is 16.2. The predicted molar refractivity (Wildman–Crippen MR) is 117 cm³/mol. The van der Waals surface area contributed by atoms with Gasteiger partial charge in [0.1, 0.15) is 11.0 Å². The molecule has 0 radical (unpaired) electrons. The van der Waals surface area contributed by atoms with Gasteiger partial charge >= 0.3 is 0 Å². The third-order valence-electron chi connectivity index (χ3n) is 6.62. The Hall–Kier alpha value is -3.74. The first-order valence-electron chi connectivity index (χ1n) is 10.5. The van der Waals surface area contributed by atoms with Crippen LogP contribution < -0.4 is 0 Å². The number of aromatic amines is 1. The fraction of sp³-hybridized carbons (Fsp3) is 0.250. The lowest BCUT2D eigenvalue weighted by Crippen LogP contribution is -2.35. The van der Waals surface area contributed by atoms with Crippen molar-refractivity contribution in [1.82, 2.24) is 25.2 Å². The number of H-pyrrole nitrogens is 1. The average molecular weight is 411 g/mol. The maximum absolute atomic E-state index is 13.1. The number of carbonyl (C=O) groups is 2. The van der Waals surface area contributed by atoms with E-state index in [1.165, 1.54) is 0 Å². The first-order valence-corrected chi connectivity index (χ1v) is 10.5. The molecule has 2 fully saturated rings. The van der Waals surface area contributed by atoms with Crippen molar-refractivity contribution in [1.29, 1.82) is 0 Å². The highest BCUT2D eigenvalue weighted by Gasteiger charge is 2.43. The van der Waals surface area contributed by atoms with E-state index in [4.69, 9.17) is 0 Å². The summed E-state index contributed by atoms with van der Waals surface area (Å²) in [7, 11) is 0. The summed E-state index contributed by atoms with van der Waals surface area (Å²) < 4.78 is 0. The Morgan fingerprint density at radius 2 is 1.29 bits per heavy atom. The van der Waals surface area contributed by atoms with Crippen LogP contribution in [0.15, 0.2) is 60.7 Å². The van der Waals surface area contributed by atoms with Crippen molar-refractivity contribution in [3.63, 3.8) is 0 Å². The van der Waals surface area contributed by atoms with E-state index in [9.17, 15) is 9.59 Å². The number of hydrogen-bond donors (Lipinski definition) is 1. The van der Waals surface area contributed by atoms with Crippen molar-refractivity contribution >= 4 is 33.6 Å². The number of nitrogens with one attached hydrogen (secondary N) is 1. The van der Waals surface area contributed by atoms with Crippen molar-refractivity contribution in [2.24, 2.45) is 11.8 Å². The number of aromatic nitrogens is 3. The SMILES string of the molecule is O=C(c1ccc2ccccc2c1)N1C[C@@H]2CN(C(=O)c3ccc4n[nH]nc4c3)C[C@H]2C1. The number of carbonyl (C=O) groups excluding carboxylic acids is 2. The standard InChI is InChI=1S/C24H21N5O2/c30-23(17-6-5-15-3-1-2-4-16(15)9-17)28-11-19-13-29(14-20(19)12-28)24(31)18-7-8-21-22(10-18)26-27-25-21/h1-10,19-20H,11-14H2,(H,25,26,27)/t19-,20-/m1/s1. The summed E-state index contributed by atoms with van der Waals surface area (Å²) >= 11 is 0. The first kappa shape index (κ1) is 18.1. The fourth-order valence-corrected chi connectivity index (χ4v) is 4.99. The number of hydrogen-bond acceptors (Lipinski definition) is 4. The molecule has 0 unspecified atom stereocenters. The molecule has 4 aromatic rings. The van der Waals surface area contributed by atoms with Crippen LogP contribution in [0.3, 0.4) is 0 Å². The van der Waals surface area contributed by atoms with Gasteiger partial charge in [0.15, 0.2) is 0 Å². The number of fused-ring (bicyclic) bond motifs is 3. The number of likely N-dealkylation sites (tertiary alicyclic amines) is 2. The zero-order valence-corrected chi connectivity index (χ0v) is 16.9. The van der Waals surface area contributed by atoms with Crippen LogP contribution >= 0.6 is 0 Å². The van der Waals surface area contributed by atoms with Gasteiger partial charge < -0.3 is 9.80 Å². The van der Waals surface area contributed by atoms with Gasteiger partial charge in [-0.05, 0) is 41.1 Å². The molecule has 3 aromatic carbocycles. The van der Waals surface area contributed by atoms with E-state index in [2.05, 4.69) is 21.5 Å². The largest absolute Gasteiger partial charge is 0.338 e. The monoisotopic (exact) mass is 411 g/mol. The molecule has 1 aromatic heterocycles. The normalized spacial score (nSPS) is 20.5. The Morgan fingerprint density at radius 1 is 0.710 bits per heavy atom. The highest BCUT2D eigenvalue weighted by molar-refractivity contribution is 5.99. The van der Waals surface area contributed by atoms with Gasteiger partial charge in [-0.1, -0.05) is 30.3 Å². The molecule has 2 aliphatic rings. The van der Waals surface area contributed by atoms with Gasteiger partial charge in [0.05, 0.1) is 0 Å². The van der Waals surface area contributed by atoms with E-state index in [0.29, 0.717) is 49.1 Å². The Morgan fingerprint density at radius 3 is 2.00 bits per heavy atom. The molecule has 1 N–H and O–H groups in total. The Labute approximate surface area is 178 Å². The van der Waals surface area contributed by atoms with Gasteiger partial charge in [-0.3, -0.25) is 9.59 Å². The summed E-state index contributed by atoms with van der Waals surface area (Å²) in [6.07, 6.45) is 0. The molecular weight excluding hydrogens is 390 g/mol. The van der Waals surface area contributed by atoms with E-state index < -0.39 is 0 Å². The topological polar surface area (TPSA) is 82.2 Å². The second kappa shape index (κ2) is 6.91. The van der Waals surface area contributed by atoms with Crippen LogP contribution in [-0.4, -0.2) is 63.2 Å². The maximum atomic E-state index is 13.1. The molecule has 0 bridgehead atoms. The molecule has 0 spiro atoms. The van der Waals surface area contributed by atoms with E-state index in [1.54, 1.807) is 12.1 Å². The van der Waals surface area contributed by atoms with Crippen molar-refractivity contribution in [2.75, 3.05) is 26.2 Å². The maximum Gasteiger partial charge on any atom is 0.253 e. The molecule has 154 valence electrons. The van der Waals surface area contributed by atoms with Crippen LogP contribution in [0.5, 0.6) is 0 Å². The number of amides is 2. The third-order valence-corrected chi connectivity index (χ3v) is 6.62. The van der Waals surface area contributed by atoms with Crippen molar-refractivity contribution in [2.45, 2.75) is 0 Å². The van der Waals surface area contributed by atoms with Crippen LogP contribution in [0.4, 0.5) is 0 Å². The predicted octanol–water partition coefficient (Wildman–Crippen LogP) is 2.96. The number of nitrogens with zero attached hydrogens (tertiary/aromatic N) is 4. The molecule has 2 saturated heterocycles. The van der Waals surface area contributed by atoms with Crippen molar-refractivity contribution in [3.8, 4) is 0 Å². The lowest BCUT2D eigenvalue weighted by atomic mass is 10.0. The molecule has 2 aliphatic heterocycles. The van der Waals surface area contributed by atoms with Gasteiger partial charge in [0.2, 0.25) is 0 Å². The summed E-state index contributed by atoms with van der Waals surface area (Å²) in [6.45, 7) is 2.76. The molecular formula is C24H21N5O2. The molecule has 2 atom stereocenters. The molecule has 7 heteroatoms. The summed E-state index contributed by atoms with van der Waals surface area (Å²) in [5, 5.41) is 12.9. The van der Waals surface area contributed by atoms with E-state index >= 15 is 0 Å². The second-order valence-electron chi connectivity index (χ2n) is 8.53. The first-order chi connectivity index (χ1) is 15.2. The highest BCUT2D eigenvalue weighted by Crippen LogP contribution is 2.33. The fourth-order valence-electron chi connectivity index (χ4n) is 4.99. The smallest absolute Gasteiger partial charge is 0.253 e. The summed E-state index contributed by atoms with van der Waals surface area (Å²) in [5.41, 5.74) is 2.80. The van der Waals surface area contributed by atoms with Crippen LogP contribution in [0.25, 0.3) is 21.8 Å². The second-order valence-corrected chi connectivity index (χ2v) is 8.53. The van der Waals surface area contributed by atoms with Gasteiger partial charge in [-0.15, -0.1) is 0 Å². The average Bonchev–Trinajstić information content (AvgIpc) is 3.52. The van der Waals surface area contributed by atoms with Gasteiger partial charge in [0.25, 0.3) is 11.8 Å². The Bertz CT molecular complexity index is 1320. The zero-order chi connectivity index (χ0) is 20.9. The minimum atomic E-state index is 0.0201. The number of rotatable bonds is 2. The lowest BCUT2D eigenvalue weighted by molar-refractivity contribution is 0.0738. The van der Waals surface area contributed by atoms with E-state index in [-0.39, 0.29) is 11.8 Å². The van der Waals surface area contributed by atoms with Crippen LogP contribution in [0.2, 0.25) is 0 Å².